The first kappa shape index (κ1) is 23.1. The molecule has 0 heterocycles. The van der Waals surface area contributed by atoms with Gasteiger partial charge in [-0.3, -0.25) is 0 Å². The number of rotatable bonds is 8. The minimum atomic E-state index is 0. The van der Waals surface area contributed by atoms with Crippen LogP contribution in [0.2, 0.25) is 0 Å². The molecule has 0 aliphatic heterocycles. The van der Waals surface area contributed by atoms with Gasteiger partial charge in [0.25, 0.3) is 0 Å². The maximum absolute atomic E-state index is 5.56. The predicted molar refractivity (Wildman–Crippen MR) is 122 cm³/mol. The molecular formula is C21H30IN3O2. The number of nitrogens with one attached hydrogen (secondary N) is 2. The fourth-order valence-electron chi connectivity index (χ4n) is 2.58. The molecule has 2 aromatic rings. The van der Waals surface area contributed by atoms with E-state index in [4.69, 9.17) is 9.47 Å². The lowest BCUT2D eigenvalue weighted by molar-refractivity contribution is 0.310. The van der Waals surface area contributed by atoms with Gasteiger partial charge in [-0.15, -0.1) is 24.0 Å². The van der Waals surface area contributed by atoms with Crippen LogP contribution in [0.3, 0.4) is 0 Å². The quantitative estimate of drug-likeness (QED) is 0.335. The molecule has 0 saturated carbocycles. The van der Waals surface area contributed by atoms with Crippen molar-refractivity contribution >= 4 is 29.9 Å². The number of guanidine groups is 1. The SMILES string of the molecule is CCNC(=NCc1ccc(OCC)c(OC)c1)NCc1ccccc1C.I. The summed E-state index contributed by atoms with van der Waals surface area (Å²) in [5.41, 5.74) is 3.60. The van der Waals surface area contributed by atoms with E-state index in [1.54, 1.807) is 7.11 Å². The third kappa shape index (κ3) is 7.28. The van der Waals surface area contributed by atoms with Crippen molar-refractivity contribution in [3.05, 3.63) is 59.2 Å². The van der Waals surface area contributed by atoms with E-state index in [0.717, 1.165) is 36.1 Å². The topological polar surface area (TPSA) is 54.9 Å². The van der Waals surface area contributed by atoms with Crippen molar-refractivity contribution in [1.29, 1.82) is 0 Å². The van der Waals surface area contributed by atoms with Crippen LogP contribution in [-0.2, 0) is 13.1 Å². The molecule has 0 aromatic heterocycles. The Balaban J connectivity index is 0.00000364. The van der Waals surface area contributed by atoms with Gasteiger partial charge < -0.3 is 20.1 Å². The van der Waals surface area contributed by atoms with Crippen molar-refractivity contribution in [2.45, 2.75) is 33.9 Å². The average Bonchev–Trinajstić information content (AvgIpc) is 2.66. The largest absolute Gasteiger partial charge is 0.493 e. The molecule has 0 aliphatic rings. The van der Waals surface area contributed by atoms with Gasteiger partial charge in [0.2, 0.25) is 0 Å². The van der Waals surface area contributed by atoms with Gasteiger partial charge in [0.1, 0.15) is 0 Å². The summed E-state index contributed by atoms with van der Waals surface area (Å²) in [6.07, 6.45) is 0. The third-order valence-electron chi connectivity index (χ3n) is 4.00. The Bertz CT molecular complexity index is 735. The Morgan fingerprint density at radius 2 is 1.81 bits per heavy atom. The normalized spacial score (nSPS) is 10.7. The summed E-state index contributed by atoms with van der Waals surface area (Å²) in [6.45, 7) is 8.86. The summed E-state index contributed by atoms with van der Waals surface area (Å²) >= 11 is 0. The highest BCUT2D eigenvalue weighted by molar-refractivity contribution is 14.0. The van der Waals surface area contributed by atoms with Gasteiger partial charge in [-0.25, -0.2) is 4.99 Å². The van der Waals surface area contributed by atoms with Gasteiger partial charge in [-0.05, 0) is 49.6 Å². The van der Waals surface area contributed by atoms with Crippen LogP contribution in [0.15, 0.2) is 47.5 Å². The van der Waals surface area contributed by atoms with Crippen LogP contribution in [-0.4, -0.2) is 26.2 Å². The second kappa shape index (κ2) is 12.4. The summed E-state index contributed by atoms with van der Waals surface area (Å²) in [7, 11) is 1.65. The van der Waals surface area contributed by atoms with Crippen LogP contribution < -0.4 is 20.1 Å². The lowest BCUT2D eigenvalue weighted by atomic mass is 10.1. The van der Waals surface area contributed by atoms with Gasteiger partial charge in [-0.1, -0.05) is 30.3 Å². The number of benzene rings is 2. The first-order valence-electron chi connectivity index (χ1n) is 9.04. The molecule has 0 unspecified atom stereocenters. The van der Waals surface area contributed by atoms with Crippen LogP contribution in [0, 0.1) is 6.92 Å². The van der Waals surface area contributed by atoms with Gasteiger partial charge in [0.15, 0.2) is 17.5 Å². The number of nitrogens with zero attached hydrogens (tertiary/aromatic N) is 1. The van der Waals surface area contributed by atoms with E-state index < -0.39 is 0 Å². The van der Waals surface area contributed by atoms with Crippen LogP contribution in [0.4, 0.5) is 0 Å². The van der Waals surface area contributed by atoms with Crippen LogP contribution in [0.5, 0.6) is 11.5 Å². The van der Waals surface area contributed by atoms with E-state index in [1.165, 1.54) is 11.1 Å². The molecule has 2 N–H and O–H groups in total. The molecule has 2 rings (SSSR count). The highest BCUT2D eigenvalue weighted by Crippen LogP contribution is 2.28. The minimum Gasteiger partial charge on any atom is -0.493 e. The number of aryl methyl sites for hydroxylation is 1. The average molecular weight is 483 g/mol. The van der Waals surface area contributed by atoms with Gasteiger partial charge in [0.05, 0.1) is 20.3 Å². The number of ether oxygens (including phenoxy) is 2. The standard InChI is InChI=1S/C21H29N3O2.HI/c1-5-22-21(24-15-18-10-8-7-9-16(18)3)23-14-17-11-12-19(26-6-2)20(13-17)25-4;/h7-13H,5-6,14-15H2,1-4H3,(H2,22,23,24);1H. The summed E-state index contributed by atoms with van der Waals surface area (Å²) in [6, 6.07) is 14.3. The monoisotopic (exact) mass is 483 g/mol. The summed E-state index contributed by atoms with van der Waals surface area (Å²) in [4.78, 5) is 4.68. The van der Waals surface area contributed by atoms with Crippen molar-refractivity contribution in [3.63, 3.8) is 0 Å². The number of methoxy groups -OCH3 is 1. The van der Waals surface area contributed by atoms with Crippen molar-refractivity contribution in [2.24, 2.45) is 4.99 Å². The lowest BCUT2D eigenvalue weighted by Gasteiger charge is -2.13. The van der Waals surface area contributed by atoms with E-state index >= 15 is 0 Å². The molecule has 0 aliphatic carbocycles. The molecule has 0 spiro atoms. The number of hydrogen-bond donors (Lipinski definition) is 2. The fraction of sp³-hybridized carbons (Fsp3) is 0.381. The summed E-state index contributed by atoms with van der Waals surface area (Å²) in [5, 5.41) is 6.68. The van der Waals surface area contributed by atoms with Crippen LogP contribution in [0.25, 0.3) is 0 Å². The Morgan fingerprint density at radius 3 is 2.48 bits per heavy atom. The second-order valence-corrected chi connectivity index (χ2v) is 5.89. The maximum Gasteiger partial charge on any atom is 0.191 e. The molecule has 6 heteroatoms. The highest BCUT2D eigenvalue weighted by Gasteiger charge is 2.06. The molecule has 27 heavy (non-hydrogen) atoms. The first-order valence-corrected chi connectivity index (χ1v) is 9.04. The zero-order valence-electron chi connectivity index (χ0n) is 16.5. The molecule has 0 atom stereocenters. The molecule has 0 fully saturated rings. The Hall–Kier alpha value is -1.96. The maximum atomic E-state index is 5.56. The highest BCUT2D eigenvalue weighted by atomic mass is 127. The summed E-state index contributed by atoms with van der Waals surface area (Å²) < 4.78 is 11.0. The van der Waals surface area contributed by atoms with Gasteiger partial charge in [-0.2, -0.15) is 0 Å². The number of aliphatic imine (C=N–C) groups is 1. The van der Waals surface area contributed by atoms with Crippen molar-refractivity contribution in [2.75, 3.05) is 20.3 Å². The lowest BCUT2D eigenvalue weighted by Crippen LogP contribution is -2.36. The van der Waals surface area contributed by atoms with Crippen molar-refractivity contribution in [1.82, 2.24) is 10.6 Å². The van der Waals surface area contributed by atoms with Crippen LogP contribution >= 0.6 is 24.0 Å². The smallest absolute Gasteiger partial charge is 0.191 e. The third-order valence-corrected chi connectivity index (χ3v) is 4.00. The molecular weight excluding hydrogens is 453 g/mol. The Morgan fingerprint density at radius 1 is 1.04 bits per heavy atom. The van der Waals surface area contributed by atoms with E-state index in [9.17, 15) is 0 Å². The summed E-state index contributed by atoms with van der Waals surface area (Å²) in [5.74, 6) is 2.29. The molecule has 0 radical (unpaired) electrons. The van der Waals surface area contributed by atoms with E-state index in [0.29, 0.717) is 13.2 Å². The van der Waals surface area contributed by atoms with E-state index in [-0.39, 0.29) is 24.0 Å². The Kier molecular flexibility index (Phi) is 10.6. The second-order valence-electron chi connectivity index (χ2n) is 5.89. The molecule has 2 aromatic carbocycles. The molecule has 148 valence electrons. The van der Waals surface area contributed by atoms with Crippen LogP contribution in [0.1, 0.15) is 30.5 Å². The number of hydrogen-bond acceptors (Lipinski definition) is 3. The van der Waals surface area contributed by atoms with E-state index in [1.807, 2.05) is 25.1 Å². The molecule has 0 saturated heterocycles. The van der Waals surface area contributed by atoms with Crippen molar-refractivity contribution in [3.8, 4) is 11.5 Å². The fourth-order valence-corrected chi connectivity index (χ4v) is 2.58. The molecule has 0 bridgehead atoms. The Labute approximate surface area is 179 Å². The first-order chi connectivity index (χ1) is 12.7. The van der Waals surface area contributed by atoms with Gasteiger partial charge in [0, 0.05) is 13.1 Å². The zero-order valence-corrected chi connectivity index (χ0v) is 18.9. The predicted octanol–water partition coefficient (Wildman–Crippen LogP) is 4.28. The number of halogens is 1. The van der Waals surface area contributed by atoms with Gasteiger partial charge >= 0.3 is 0 Å². The molecule has 0 amide bonds. The van der Waals surface area contributed by atoms with E-state index in [2.05, 4.69) is 53.7 Å². The zero-order chi connectivity index (χ0) is 18.8. The minimum absolute atomic E-state index is 0. The van der Waals surface area contributed by atoms with Crippen molar-refractivity contribution < 1.29 is 9.47 Å². The molecule has 5 nitrogen and oxygen atoms in total.